The minimum atomic E-state index is -0.596. The number of amides is 2. The molecule has 2 rings (SSSR count). The topological polar surface area (TPSA) is 66.6 Å². The zero-order valence-corrected chi connectivity index (χ0v) is 11.4. The second kappa shape index (κ2) is 6.00. The van der Waals surface area contributed by atoms with Gasteiger partial charge in [-0.05, 0) is 17.7 Å². The van der Waals surface area contributed by atoms with Gasteiger partial charge in [-0.1, -0.05) is 12.1 Å². The van der Waals surface area contributed by atoms with E-state index in [1.54, 1.807) is 12.1 Å². The summed E-state index contributed by atoms with van der Waals surface area (Å²) in [7, 11) is 0. The van der Waals surface area contributed by atoms with E-state index in [0.29, 0.717) is 26.2 Å². The minimum absolute atomic E-state index is 0.143. The van der Waals surface area contributed by atoms with E-state index in [2.05, 4.69) is 0 Å². The first-order chi connectivity index (χ1) is 9.47. The molecule has 1 heterocycles. The standard InChI is InChI=1S/C14H18FN3O2/c1-10(19)18-7-6-17(9-13(18)14(16)20)8-11-2-4-12(15)5-3-11/h2-5,13H,6-9H2,1H3,(H2,16,20)/t13-/m1/s1. The van der Waals surface area contributed by atoms with Crippen LogP contribution in [0.15, 0.2) is 24.3 Å². The van der Waals surface area contributed by atoms with Crippen molar-refractivity contribution < 1.29 is 14.0 Å². The summed E-state index contributed by atoms with van der Waals surface area (Å²) in [6.45, 7) is 3.60. The van der Waals surface area contributed by atoms with Crippen molar-refractivity contribution in [1.82, 2.24) is 9.80 Å². The van der Waals surface area contributed by atoms with Crippen molar-refractivity contribution in [2.24, 2.45) is 5.73 Å². The molecule has 2 amide bonds. The molecule has 1 aromatic carbocycles. The molecule has 20 heavy (non-hydrogen) atoms. The zero-order valence-electron chi connectivity index (χ0n) is 11.4. The summed E-state index contributed by atoms with van der Waals surface area (Å²) in [4.78, 5) is 26.5. The Bertz CT molecular complexity index is 504. The summed E-state index contributed by atoms with van der Waals surface area (Å²) >= 11 is 0. The highest BCUT2D eigenvalue weighted by molar-refractivity contribution is 5.86. The normalized spacial score (nSPS) is 19.9. The fraction of sp³-hybridized carbons (Fsp3) is 0.429. The number of hydrogen-bond acceptors (Lipinski definition) is 3. The Balaban J connectivity index is 2.03. The second-order valence-electron chi connectivity index (χ2n) is 4.99. The molecule has 108 valence electrons. The van der Waals surface area contributed by atoms with Gasteiger partial charge in [-0.25, -0.2) is 4.39 Å². The molecule has 1 aromatic rings. The second-order valence-corrected chi connectivity index (χ2v) is 4.99. The Labute approximate surface area is 117 Å². The van der Waals surface area contributed by atoms with E-state index in [1.807, 2.05) is 4.90 Å². The van der Waals surface area contributed by atoms with Crippen LogP contribution in [0.1, 0.15) is 12.5 Å². The molecule has 1 atom stereocenters. The lowest BCUT2D eigenvalue weighted by Gasteiger charge is -2.39. The van der Waals surface area contributed by atoms with Crippen LogP contribution < -0.4 is 5.73 Å². The van der Waals surface area contributed by atoms with E-state index < -0.39 is 11.9 Å². The Morgan fingerprint density at radius 3 is 2.50 bits per heavy atom. The van der Waals surface area contributed by atoms with Crippen LogP contribution >= 0.6 is 0 Å². The Morgan fingerprint density at radius 2 is 1.95 bits per heavy atom. The van der Waals surface area contributed by atoms with Crippen LogP contribution in [0.5, 0.6) is 0 Å². The largest absolute Gasteiger partial charge is 0.368 e. The van der Waals surface area contributed by atoms with Gasteiger partial charge < -0.3 is 10.6 Å². The van der Waals surface area contributed by atoms with Gasteiger partial charge in [-0.2, -0.15) is 0 Å². The summed E-state index contributed by atoms with van der Waals surface area (Å²) in [5.74, 6) is -0.913. The number of rotatable bonds is 3. The Morgan fingerprint density at radius 1 is 1.30 bits per heavy atom. The third-order valence-corrected chi connectivity index (χ3v) is 3.52. The van der Waals surface area contributed by atoms with Gasteiger partial charge in [0.1, 0.15) is 11.9 Å². The molecule has 6 heteroatoms. The molecule has 0 saturated carbocycles. The van der Waals surface area contributed by atoms with Gasteiger partial charge in [-0.15, -0.1) is 0 Å². The van der Waals surface area contributed by atoms with Crippen LogP contribution in [-0.4, -0.2) is 47.3 Å². The molecule has 5 nitrogen and oxygen atoms in total. The van der Waals surface area contributed by atoms with E-state index in [-0.39, 0.29) is 11.7 Å². The van der Waals surface area contributed by atoms with Crippen LogP contribution in [-0.2, 0) is 16.1 Å². The highest BCUT2D eigenvalue weighted by Gasteiger charge is 2.32. The molecule has 1 fully saturated rings. The molecule has 0 bridgehead atoms. The summed E-state index contributed by atoms with van der Waals surface area (Å²) in [5, 5.41) is 0. The van der Waals surface area contributed by atoms with Crippen LogP contribution in [0.2, 0.25) is 0 Å². The minimum Gasteiger partial charge on any atom is -0.368 e. The third-order valence-electron chi connectivity index (χ3n) is 3.52. The number of halogens is 1. The Hall–Kier alpha value is -1.95. The molecular weight excluding hydrogens is 261 g/mol. The van der Waals surface area contributed by atoms with Crippen molar-refractivity contribution in [3.8, 4) is 0 Å². The number of piperazine rings is 1. The Kier molecular flexibility index (Phi) is 4.34. The number of carbonyl (C=O) groups is 2. The lowest BCUT2D eigenvalue weighted by atomic mass is 10.1. The highest BCUT2D eigenvalue weighted by atomic mass is 19.1. The third kappa shape index (κ3) is 3.33. The molecular formula is C14H18FN3O2. The number of benzene rings is 1. The number of primary amides is 1. The lowest BCUT2D eigenvalue weighted by molar-refractivity contribution is -0.141. The summed E-state index contributed by atoms with van der Waals surface area (Å²) in [5.41, 5.74) is 6.33. The monoisotopic (exact) mass is 279 g/mol. The molecule has 1 saturated heterocycles. The van der Waals surface area contributed by atoms with Gasteiger partial charge in [0.25, 0.3) is 0 Å². The first-order valence-corrected chi connectivity index (χ1v) is 6.50. The zero-order chi connectivity index (χ0) is 14.7. The van der Waals surface area contributed by atoms with Crippen molar-refractivity contribution in [3.05, 3.63) is 35.6 Å². The molecule has 0 spiro atoms. The van der Waals surface area contributed by atoms with E-state index in [0.717, 1.165) is 5.56 Å². The van der Waals surface area contributed by atoms with E-state index in [4.69, 9.17) is 5.73 Å². The molecule has 0 radical (unpaired) electrons. The van der Waals surface area contributed by atoms with Crippen LogP contribution in [0, 0.1) is 5.82 Å². The van der Waals surface area contributed by atoms with Gasteiger partial charge in [-0.3, -0.25) is 14.5 Å². The molecule has 2 N–H and O–H groups in total. The molecule has 1 aliphatic heterocycles. The maximum absolute atomic E-state index is 12.9. The first kappa shape index (κ1) is 14.5. The van der Waals surface area contributed by atoms with Crippen LogP contribution in [0.4, 0.5) is 4.39 Å². The van der Waals surface area contributed by atoms with E-state index in [1.165, 1.54) is 24.0 Å². The smallest absolute Gasteiger partial charge is 0.241 e. The SMILES string of the molecule is CC(=O)N1CCN(Cc2ccc(F)cc2)C[C@@H]1C(N)=O. The van der Waals surface area contributed by atoms with Crippen molar-refractivity contribution in [2.45, 2.75) is 19.5 Å². The molecule has 1 aliphatic rings. The highest BCUT2D eigenvalue weighted by Crippen LogP contribution is 2.14. The number of nitrogens with zero attached hydrogens (tertiary/aromatic N) is 2. The fourth-order valence-corrected chi connectivity index (χ4v) is 2.45. The predicted octanol–water partition coefficient (Wildman–Crippen LogP) is 0.344. The number of carbonyl (C=O) groups excluding carboxylic acids is 2. The van der Waals surface area contributed by atoms with Crippen molar-refractivity contribution in [3.63, 3.8) is 0 Å². The van der Waals surface area contributed by atoms with Gasteiger partial charge in [0.05, 0.1) is 0 Å². The van der Waals surface area contributed by atoms with Crippen molar-refractivity contribution >= 4 is 11.8 Å². The average molecular weight is 279 g/mol. The first-order valence-electron chi connectivity index (χ1n) is 6.50. The lowest BCUT2D eigenvalue weighted by Crippen LogP contribution is -2.59. The number of nitrogens with two attached hydrogens (primary N) is 1. The number of hydrogen-bond donors (Lipinski definition) is 1. The van der Waals surface area contributed by atoms with Gasteiger partial charge in [0.2, 0.25) is 11.8 Å². The molecule has 0 aromatic heterocycles. The summed E-state index contributed by atoms with van der Waals surface area (Å²) < 4.78 is 12.9. The van der Waals surface area contributed by atoms with Crippen LogP contribution in [0.3, 0.4) is 0 Å². The fourth-order valence-electron chi connectivity index (χ4n) is 2.45. The van der Waals surface area contributed by atoms with Crippen molar-refractivity contribution in [1.29, 1.82) is 0 Å². The summed E-state index contributed by atoms with van der Waals surface area (Å²) in [6.07, 6.45) is 0. The molecule has 0 unspecified atom stereocenters. The van der Waals surface area contributed by atoms with Crippen molar-refractivity contribution in [2.75, 3.05) is 19.6 Å². The summed E-state index contributed by atoms with van der Waals surface area (Å²) in [6, 6.07) is 5.65. The maximum Gasteiger partial charge on any atom is 0.241 e. The molecule has 0 aliphatic carbocycles. The van der Waals surface area contributed by atoms with Gasteiger partial charge in [0.15, 0.2) is 0 Å². The predicted molar refractivity (Wildman–Crippen MR) is 72.0 cm³/mol. The average Bonchev–Trinajstić information content (AvgIpc) is 2.41. The maximum atomic E-state index is 12.9. The van der Waals surface area contributed by atoms with Gasteiger partial charge >= 0.3 is 0 Å². The van der Waals surface area contributed by atoms with Crippen LogP contribution in [0.25, 0.3) is 0 Å². The van der Waals surface area contributed by atoms with Gasteiger partial charge in [0, 0.05) is 33.1 Å². The van der Waals surface area contributed by atoms with E-state index in [9.17, 15) is 14.0 Å². The quantitative estimate of drug-likeness (QED) is 0.868. The van der Waals surface area contributed by atoms with E-state index >= 15 is 0 Å².